The lowest BCUT2D eigenvalue weighted by Gasteiger charge is -2.07. The van der Waals surface area contributed by atoms with Crippen molar-refractivity contribution in [2.24, 2.45) is 5.73 Å². The Morgan fingerprint density at radius 2 is 2.29 bits per heavy atom. The van der Waals surface area contributed by atoms with E-state index in [1.807, 2.05) is 13.8 Å². The Hall–Kier alpha value is -0.940. The monoisotopic (exact) mass is 214 g/mol. The molecule has 5 heteroatoms. The highest BCUT2D eigenvalue weighted by atomic mass is 32.1. The molecule has 0 aliphatic heterocycles. The summed E-state index contributed by atoms with van der Waals surface area (Å²) < 4.78 is 4.55. The zero-order valence-corrected chi connectivity index (χ0v) is 9.35. The zero-order valence-electron chi connectivity index (χ0n) is 8.53. The average Bonchev–Trinajstić information content (AvgIpc) is 2.44. The number of methoxy groups -OCH3 is 1. The van der Waals surface area contributed by atoms with Crippen LogP contribution in [0.5, 0.6) is 0 Å². The maximum absolute atomic E-state index is 11.1. The summed E-state index contributed by atoms with van der Waals surface area (Å²) in [5, 5.41) is 0.995. The van der Waals surface area contributed by atoms with Crippen LogP contribution < -0.4 is 5.73 Å². The Bertz CT molecular complexity index is 336. The Morgan fingerprint density at radius 1 is 1.64 bits per heavy atom. The Labute approximate surface area is 87.1 Å². The molecule has 1 aromatic heterocycles. The second-order valence-corrected chi connectivity index (χ2v) is 4.36. The molecular weight excluding hydrogens is 200 g/mol. The number of carbonyl (C=O) groups excluding carboxylic acids is 1. The number of carbonyl (C=O) groups is 1. The van der Waals surface area contributed by atoms with Gasteiger partial charge in [0.1, 0.15) is 6.04 Å². The van der Waals surface area contributed by atoms with Crippen LogP contribution in [0, 0.1) is 13.8 Å². The van der Waals surface area contributed by atoms with E-state index < -0.39 is 6.04 Å². The fourth-order valence-electron chi connectivity index (χ4n) is 1.20. The molecule has 1 heterocycles. The van der Waals surface area contributed by atoms with E-state index in [0.29, 0.717) is 6.42 Å². The first-order chi connectivity index (χ1) is 6.54. The lowest BCUT2D eigenvalue weighted by atomic mass is 10.2. The Morgan fingerprint density at radius 3 is 2.71 bits per heavy atom. The quantitative estimate of drug-likeness (QED) is 0.756. The van der Waals surface area contributed by atoms with Gasteiger partial charge in [-0.05, 0) is 13.8 Å². The van der Waals surface area contributed by atoms with Gasteiger partial charge in [-0.25, -0.2) is 4.98 Å². The van der Waals surface area contributed by atoms with E-state index in [9.17, 15) is 4.79 Å². The van der Waals surface area contributed by atoms with Crippen molar-refractivity contribution >= 4 is 17.3 Å². The summed E-state index contributed by atoms with van der Waals surface area (Å²) in [6, 6.07) is -0.585. The van der Waals surface area contributed by atoms with Gasteiger partial charge >= 0.3 is 5.97 Å². The summed E-state index contributed by atoms with van der Waals surface area (Å²) in [6.07, 6.45) is 0.504. The number of nitrogens with zero attached hydrogens (tertiary/aromatic N) is 1. The summed E-state index contributed by atoms with van der Waals surface area (Å²) in [7, 11) is 1.34. The standard InChI is InChI=1S/C9H14N2O2S/c1-5-8(14-6(2)11-5)4-7(10)9(12)13-3/h7H,4,10H2,1-3H3. The molecule has 0 saturated carbocycles. The van der Waals surface area contributed by atoms with Crippen molar-refractivity contribution in [2.75, 3.05) is 7.11 Å². The van der Waals surface area contributed by atoms with Crippen LogP contribution in [-0.4, -0.2) is 24.1 Å². The summed E-state index contributed by atoms with van der Waals surface area (Å²) in [5.41, 5.74) is 6.59. The summed E-state index contributed by atoms with van der Waals surface area (Å²) >= 11 is 1.57. The van der Waals surface area contributed by atoms with Gasteiger partial charge in [-0.2, -0.15) is 0 Å². The summed E-state index contributed by atoms with van der Waals surface area (Å²) in [4.78, 5) is 16.4. The number of aryl methyl sites for hydroxylation is 2. The lowest BCUT2D eigenvalue weighted by Crippen LogP contribution is -2.33. The van der Waals surface area contributed by atoms with E-state index in [4.69, 9.17) is 5.73 Å². The molecule has 0 aromatic carbocycles. The van der Waals surface area contributed by atoms with Crippen LogP contribution in [0.2, 0.25) is 0 Å². The first-order valence-corrected chi connectivity index (χ1v) is 5.12. The van der Waals surface area contributed by atoms with Crippen molar-refractivity contribution in [3.05, 3.63) is 15.6 Å². The number of nitrogens with two attached hydrogens (primary N) is 1. The van der Waals surface area contributed by atoms with Gasteiger partial charge in [-0.3, -0.25) is 4.79 Å². The topological polar surface area (TPSA) is 65.2 Å². The first kappa shape index (κ1) is 11.1. The molecule has 1 unspecified atom stereocenters. The molecule has 1 atom stereocenters. The number of hydrogen-bond donors (Lipinski definition) is 1. The Balaban J connectivity index is 2.69. The Kier molecular flexibility index (Phi) is 3.60. The maximum atomic E-state index is 11.1. The van der Waals surface area contributed by atoms with E-state index in [-0.39, 0.29) is 5.97 Å². The average molecular weight is 214 g/mol. The predicted molar refractivity (Wildman–Crippen MR) is 55.3 cm³/mol. The van der Waals surface area contributed by atoms with Gasteiger partial charge in [-0.15, -0.1) is 11.3 Å². The van der Waals surface area contributed by atoms with Crippen LogP contribution in [0.25, 0.3) is 0 Å². The third-order valence-corrected chi connectivity index (χ3v) is 3.00. The van der Waals surface area contributed by atoms with Gasteiger partial charge in [0, 0.05) is 11.3 Å². The molecule has 4 nitrogen and oxygen atoms in total. The molecule has 0 aliphatic carbocycles. The van der Waals surface area contributed by atoms with Gasteiger partial charge in [0.25, 0.3) is 0 Å². The van der Waals surface area contributed by atoms with Crippen LogP contribution >= 0.6 is 11.3 Å². The van der Waals surface area contributed by atoms with Crippen LogP contribution in [-0.2, 0) is 16.0 Å². The van der Waals surface area contributed by atoms with Crippen molar-refractivity contribution in [3.63, 3.8) is 0 Å². The molecule has 1 aromatic rings. The molecular formula is C9H14N2O2S. The van der Waals surface area contributed by atoms with Gasteiger partial charge < -0.3 is 10.5 Å². The molecule has 0 radical (unpaired) electrons. The fraction of sp³-hybridized carbons (Fsp3) is 0.556. The van der Waals surface area contributed by atoms with E-state index in [1.165, 1.54) is 7.11 Å². The number of aromatic nitrogens is 1. The first-order valence-electron chi connectivity index (χ1n) is 4.31. The number of rotatable bonds is 3. The highest BCUT2D eigenvalue weighted by Crippen LogP contribution is 2.18. The normalized spacial score (nSPS) is 12.6. The molecule has 0 amide bonds. The van der Waals surface area contributed by atoms with Crippen molar-refractivity contribution in [3.8, 4) is 0 Å². The number of esters is 1. The van der Waals surface area contributed by atoms with Gasteiger partial charge in [0.2, 0.25) is 0 Å². The van der Waals surface area contributed by atoms with E-state index in [0.717, 1.165) is 15.6 Å². The van der Waals surface area contributed by atoms with Crippen molar-refractivity contribution in [2.45, 2.75) is 26.3 Å². The molecule has 1 rings (SSSR count). The van der Waals surface area contributed by atoms with Crippen LogP contribution in [0.3, 0.4) is 0 Å². The minimum atomic E-state index is -0.585. The molecule has 0 aliphatic rings. The lowest BCUT2D eigenvalue weighted by molar-refractivity contribution is -0.142. The van der Waals surface area contributed by atoms with E-state index in [2.05, 4.69) is 9.72 Å². The minimum Gasteiger partial charge on any atom is -0.468 e. The van der Waals surface area contributed by atoms with Gasteiger partial charge in [-0.1, -0.05) is 0 Å². The fourth-order valence-corrected chi connectivity index (χ4v) is 2.19. The molecule has 14 heavy (non-hydrogen) atoms. The molecule has 0 bridgehead atoms. The van der Waals surface area contributed by atoms with Gasteiger partial charge in [0.15, 0.2) is 0 Å². The predicted octanol–water partition coefficient (Wildman–Crippen LogP) is 0.803. The van der Waals surface area contributed by atoms with Gasteiger partial charge in [0.05, 0.1) is 17.8 Å². The van der Waals surface area contributed by atoms with Crippen molar-refractivity contribution in [1.82, 2.24) is 4.98 Å². The van der Waals surface area contributed by atoms with Crippen LogP contribution in [0.15, 0.2) is 0 Å². The third-order valence-electron chi connectivity index (χ3n) is 1.91. The summed E-state index contributed by atoms with van der Waals surface area (Å²) in [6.45, 7) is 3.85. The van der Waals surface area contributed by atoms with Crippen molar-refractivity contribution in [1.29, 1.82) is 0 Å². The van der Waals surface area contributed by atoms with Crippen molar-refractivity contribution < 1.29 is 9.53 Å². The molecule has 0 spiro atoms. The van der Waals surface area contributed by atoms with E-state index >= 15 is 0 Å². The molecule has 0 saturated heterocycles. The second kappa shape index (κ2) is 4.52. The SMILES string of the molecule is COC(=O)C(N)Cc1sc(C)nc1C. The van der Waals surface area contributed by atoms with E-state index in [1.54, 1.807) is 11.3 Å². The number of hydrogen-bond acceptors (Lipinski definition) is 5. The summed E-state index contributed by atoms with van der Waals surface area (Å²) in [5.74, 6) is -0.379. The second-order valence-electron chi connectivity index (χ2n) is 3.08. The largest absolute Gasteiger partial charge is 0.468 e. The van der Waals surface area contributed by atoms with Crippen LogP contribution in [0.4, 0.5) is 0 Å². The third kappa shape index (κ3) is 2.52. The van der Waals surface area contributed by atoms with Crippen LogP contribution in [0.1, 0.15) is 15.6 Å². The maximum Gasteiger partial charge on any atom is 0.323 e. The zero-order chi connectivity index (χ0) is 10.7. The molecule has 2 N–H and O–H groups in total. The highest BCUT2D eigenvalue weighted by Gasteiger charge is 2.17. The minimum absolute atomic E-state index is 0.379. The molecule has 0 fully saturated rings. The highest BCUT2D eigenvalue weighted by molar-refractivity contribution is 7.11. The smallest absolute Gasteiger partial charge is 0.323 e. The number of thiazole rings is 1. The number of ether oxygens (including phenoxy) is 1. The molecule has 78 valence electrons.